The zero-order valence-electron chi connectivity index (χ0n) is 11.3. The average Bonchev–Trinajstić information content (AvgIpc) is 2.39. The first-order valence-corrected chi connectivity index (χ1v) is 7.22. The molecule has 1 rings (SSSR count). The maximum Gasteiger partial charge on any atom is 0.269 e. The van der Waals surface area contributed by atoms with Crippen LogP contribution in [0.5, 0.6) is 0 Å². The SMILES string of the molecule is CC(C)(C#N)CCCCSc1ccc([N+](=O)[O-])cc1. The Bertz CT molecular complexity index is 463. The summed E-state index contributed by atoms with van der Waals surface area (Å²) in [6.45, 7) is 3.91. The lowest BCUT2D eigenvalue weighted by atomic mass is 9.89. The second-order valence-electron chi connectivity index (χ2n) is 5.05. The summed E-state index contributed by atoms with van der Waals surface area (Å²) in [6, 6.07) is 8.91. The van der Waals surface area contributed by atoms with Crippen LogP contribution in [0.1, 0.15) is 33.1 Å². The molecule has 0 atom stereocenters. The van der Waals surface area contributed by atoms with Gasteiger partial charge in [0, 0.05) is 17.0 Å². The second-order valence-corrected chi connectivity index (χ2v) is 6.22. The molecule has 0 spiro atoms. The maximum atomic E-state index is 10.5. The molecule has 0 aliphatic heterocycles. The van der Waals surface area contributed by atoms with Gasteiger partial charge in [-0.05, 0) is 44.6 Å². The highest BCUT2D eigenvalue weighted by atomic mass is 32.2. The van der Waals surface area contributed by atoms with Gasteiger partial charge in [-0.2, -0.15) is 5.26 Å². The van der Waals surface area contributed by atoms with E-state index >= 15 is 0 Å². The summed E-state index contributed by atoms with van der Waals surface area (Å²) in [5, 5.41) is 19.4. The largest absolute Gasteiger partial charge is 0.269 e. The van der Waals surface area contributed by atoms with Gasteiger partial charge in [-0.25, -0.2) is 0 Å². The molecule has 19 heavy (non-hydrogen) atoms. The fourth-order valence-electron chi connectivity index (χ4n) is 1.58. The molecular weight excluding hydrogens is 260 g/mol. The molecule has 0 saturated carbocycles. The Morgan fingerprint density at radius 1 is 1.32 bits per heavy atom. The van der Waals surface area contributed by atoms with Crippen molar-refractivity contribution in [2.24, 2.45) is 5.41 Å². The van der Waals surface area contributed by atoms with Gasteiger partial charge in [0.05, 0.1) is 16.4 Å². The molecule has 0 amide bonds. The van der Waals surface area contributed by atoms with Crippen molar-refractivity contribution in [3.8, 4) is 6.07 Å². The van der Waals surface area contributed by atoms with Gasteiger partial charge < -0.3 is 0 Å². The molecule has 0 fully saturated rings. The first-order chi connectivity index (χ1) is 8.94. The van der Waals surface area contributed by atoms with Crippen LogP contribution in [0.3, 0.4) is 0 Å². The Hall–Kier alpha value is -1.54. The van der Waals surface area contributed by atoms with Gasteiger partial charge in [0.15, 0.2) is 0 Å². The number of nitro groups is 1. The molecule has 1 aromatic carbocycles. The molecule has 5 heteroatoms. The van der Waals surface area contributed by atoms with Crippen LogP contribution < -0.4 is 0 Å². The van der Waals surface area contributed by atoms with Crippen LogP contribution >= 0.6 is 11.8 Å². The molecule has 0 N–H and O–H groups in total. The van der Waals surface area contributed by atoms with Crippen LogP contribution in [0.25, 0.3) is 0 Å². The third-order valence-electron chi connectivity index (χ3n) is 2.82. The van der Waals surface area contributed by atoms with E-state index in [-0.39, 0.29) is 11.1 Å². The Morgan fingerprint density at radius 3 is 2.47 bits per heavy atom. The van der Waals surface area contributed by atoms with Gasteiger partial charge in [0.1, 0.15) is 0 Å². The van der Waals surface area contributed by atoms with E-state index in [1.807, 2.05) is 13.8 Å². The summed E-state index contributed by atoms with van der Waals surface area (Å²) in [4.78, 5) is 11.2. The molecule has 102 valence electrons. The average molecular weight is 278 g/mol. The predicted octanol–water partition coefficient (Wildman–Crippen LogP) is 4.41. The lowest BCUT2D eigenvalue weighted by Crippen LogP contribution is -2.07. The molecule has 0 unspecified atom stereocenters. The summed E-state index contributed by atoms with van der Waals surface area (Å²) in [5.74, 6) is 0.972. The van der Waals surface area contributed by atoms with Crippen molar-refractivity contribution in [1.82, 2.24) is 0 Å². The number of nitro benzene ring substituents is 1. The zero-order chi connectivity index (χ0) is 14.3. The van der Waals surface area contributed by atoms with Crippen molar-refractivity contribution in [3.63, 3.8) is 0 Å². The summed E-state index contributed by atoms with van der Waals surface area (Å²) >= 11 is 1.69. The van der Waals surface area contributed by atoms with Crippen LogP contribution in [-0.2, 0) is 0 Å². The first-order valence-electron chi connectivity index (χ1n) is 6.23. The molecular formula is C14H18N2O2S. The van der Waals surface area contributed by atoms with Crippen molar-refractivity contribution in [3.05, 3.63) is 34.4 Å². The van der Waals surface area contributed by atoms with Crippen molar-refractivity contribution in [2.75, 3.05) is 5.75 Å². The van der Waals surface area contributed by atoms with Crippen molar-refractivity contribution >= 4 is 17.4 Å². The van der Waals surface area contributed by atoms with Crippen molar-refractivity contribution in [2.45, 2.75) is 38.0 Å². The number of hydrogen-bond acceptors (Lipinski definition) is 4. The standard InChI is InChI=1S/C14H18N2O2S/c1-14(2,11-15)9-3-4-10-19-13-7-5-12(6-8-13)16(17)18/h5-8H,3-4,9-10H2,1-2H3. The number of rotatable bonds is 7. The van der Waals surface area contributed by atoms with Gasteiger partial charge in [-0.3, -0.25) is 10.1 Å². The minimum atomic E-state index is -0.390. The Balaban J connectivity index is 2.27. The zero-order valence-corrected chi connectivity index (χ0v) is 12.1. The Labute approximate surface area is 118 Å². The lowest BCUT2D eigenvalue weighted by molar-refractivity contribution is -0.384. The van der Waals surface area contributed by atoms with E-state index < -0.39 is 4.92 Å². The van der Waals surface area contributed by atoms with Gasteiger partial charge in [0.2, 0.25) is 0 Å². The van der Waals surface area contributed by atoms with E-state index in [1.165, 1.54) is 12.1 Å². The van der Waals surface area contributed by atoms with Crippen LogP contribution in [-0.4, -0.2) is 10.7 Å². The minimum absolute atomic E-state index is 0.125. The maximum absolute atomic E-state index is 10.5. The van der Waals surface area contributed by atoms with Gasteiger partial charge in [-0.1, -0.05) is 6.42 Å². The number of nitrogens with zero attached hydrogens (tertiary/aromatic N) is 2. The number of thioether (sulfide) groups is 1. The molecule has 0 aromatic heterocycles. The highest BCUT2D eigenvalue weighted by Crippen LogP contribution is 2.25. The molecule has 1 aromatic rings. The summed E-state index contributed by atoms with van der Waals surface area (Å²) in [5.41, 5.74) is -0.113. The third kappa shape index (κ3) is 5.75. The van der Waals surface area contributed by atoms with Crippen LogP contribution in [0.2, 0.25) is 0 Å². The number of nitriles is 1. The highest BCUT2D eigenvalue weighted by molar-refractivity contribution is 7.99. The quantitative estimate of drug-likeness (QED) is 0.321. The number of hydrogen-bond donors (Lipinski definition) is 0. The molecule has 0 bridgehead atoms. The summed E-state index contributed by atoms with van der Waals surface area (Å²) < 4.78 is 0. The van der Waals surface area contributed by atoms with E-state index in [0.717, 1.165) is 29.9 Å². The van der Waals surface area contributed by atoms with Gasteiger partial charge in [0.25, 0.3) is 5.69 Å². The number of unbranched alkanes of at least 4 members (excludes halogenated alkanes) is 1. The van der Waals surface area contributed by atoms with Gasteiger partial charge >= 0.3 is 0 Å². The van der Waals surface area contributed by atoms with Crippen molar-refractivity contribution < 1.29 is 4.92 Å². The summed E-state index contributed by atoms with van der Waals surface area (Å²) in [6.07, 6.45) is 2.98. The molecule has 0 saturated heterocycles. The fraction of sp³-hybridized carbons (Fsp3) is 0.500. The third-order valence-corrected chi connectivity index (χ3v) is 3.91. The molecule has 0 heterocycles. The van der Waals surface area contributed by atoms with Crippen LogP contribution in [0, 0.1) is 26.9 Å². The smallest absolute Gasteiger partial charge is 0.258 e. The highest BCUT2D eigenvalue weighted by Gasteiger charge is 2.15. The van der Waals surface area contributed by atoms with E-state index in [2.05, 4.69) is 6.07 Å². The summed E-state index contributed by atoms with van der Waals surface area (Å²) in [7, 11) is 0. The Morgan fingerprint density at radius 2 is 1.95 bits per heavy atom. The molecule has 0 aliphatic rings. The molecule has 4 nitrogen and oxygen atoms in total. The van der Waals surface area contributed by atoms with E-state index in [9.17, 15) is 10.1 Å². The number of non-ortho nitro benzene ring substituents is 1. The minimum Gasteiger partial charge on any atom is -0.258 e. The van der Waals surface area contributed by atoms with Crippen LogP contribution in [0.4, 0.5) is 5.69 Å². The monoisotopic (exact) mass is 278 g/mol. The van der Waals surface area contributed by atoms with Crippen LogP contribution in [0.15, 0.2) is 29.2 Å². The topological polar surface area (TPSA) is 66.9 Å². The normalized spacial score (nSPS) is 11.0. The van der Waals surface area contributed by atoms with E-state index in [0.29, 0.717) is 0 Å². The number of benzene rings is 1. The first kappa shape index (κ1) is 15.5. The molecule has 0 aliphatic carbocycles. The van der Waals surface area contributed by atoms with E-state index in [1.54, 1.807) is 23.9 Å². The van der Waals surface area contributed by atoms with Gasteiger partial charge in [-0.15, -0.1) is 11.8 Å². The Kier molecular flexibility index (Phi) is 5.84. The van der Waals surface area contributed by atoms with Crippen molar-refractivity contribution in [1.29, 1.82) is 5.26 Å². The predicted molar refractivity (Wildman–Crippen MR) is 77.1 cm³/mol. The fourth-order valence-corrected chi connectivity index (χ4v) is 2.49. The lowest BCUT2D eigenvalue weighted by Gasteiger charge is -2.13. The second kappa shape index (κ2) is 7.15. The van der Waals surface area contributed by atoms with E-state index in [4.69, 9.17) is 5.26 Å². The molecule has 0 radical (unpaired) electrons.